The first-order valence-corrected chi connectivity index (χ1v) is 9.10. The number of primary sulfonamides is 1. The number of carbonyl (C=O) groups is 1. The Balaban J connectivity index is 2.84. The molecule has 2 N–H and O–H groups in total. The van der Waals surface area contributed by atoms with Crippen molar-refractivity contribution in [1.82, 2.24) is 9.80 Å². The molecule has 1 saturated heterocycles. The van der Waals surface area contributed by atoms with Crippen LogP contribution in [0.4, 0.5) is 4.79 Å². The van der Waals surface area contributed by atoms with Crippen LogP contribution in [0, 0.1) is 0 Å². The molecule has 0 bridgehead atoms. The molecule has 0 aromatic carbocycles. The van der Waals surface area contributed by atoms with E-state index in [-0.39, 0.29) is 16.8 Å². The minimum Gasteiger partial charge on any atom is -0.444 e. The van der Waals surface area contributed by atoms with Crippen LogP contribution in [0.3, 0.4) is 0 Å². The minimum absolute atomic E-state index is 0.0919. The Morgan fingerprint density at radius 1 is 1.21 bits per heavy atom. The number of sulfonamides is 1. The van der Waals surface area contributed by atoms with Crippen LogP contribution in [0.15, 0.2) is 28.6 Å². The maximum absolute atomic E-state index is 12.1. The molecular weight excluding hydrogens is 332 g/mol. The molecule has 1 aliphatic heterocycles. The highest BCUT2D eigenvalue weighted by Crippen LogP contribution is 2.15. The average Bonchev–Trinajstić information content (AvgIpc) is 2.45. The smallest absolute Gasteiger partial charge is 0.410 e. The van der Waals surface area contributed by atoms with Gasteiger partial charge in [0.15, 0.2) is 0 Å². The number of nitrogens with two attached hydrogens (primary N) is 1. The number of amides is 1. The Hall–Kier alpha value is -1.87. The molecule has 0 unspecified atom stereocenters. The van der Waals surface area contributed by atoms with Crippen molar-refractivity contribution in [3.63, 3.8) is 0 Å². The Bertz CT molecular complexity index is 639. The third kappa shape index (κ3) is 5.64. The van der Waals surface area contributed by atoms with Crippen LogP contribution in [-0.4, -0.2) is 69.0 Å². The van der Waals surface area contributed by atoms with Crippen LogP contribution in [0.25, 0.3) is 0 Å². The molecule has 136 valence electrons. The Labute approximate surface area is 143 Å². The number of ether oxygens (including phenoxy) is 1. The predicted octanol–water partition coefficient (Wildman–Crippen LogP) is 0.926. The minimum atomic E-state index is -3.93. The second-order valence-corrected chi connectivity index (χ2v) is 7.84. The van der Waals surface area contributed by atoms with Crippen molar-refractivity contribution < 1.29 is 17.9 Å². The summed E-state index contributed by atoms with van der Waals surface area (Å²) in [6, 6.07) is 0. The molecule has 1 rings (SSSR count). The van der Waals surface area contributed by atoms with Crippen LogP contribution in [-0.2, 0) is 14.8 Å². The van der Waals surface area contributed by atoms with E-state index in [9.17, 15) is 13.2 Å². The van der Waals surface area contributed by atoms with Crippen LogP contribution in [0.2, 0.25) is 0 Å². The summed E-state index contributed by atoms with van der Waals surface area (Å²) in [5, 5.41) is 5.26. The van der Waals surface area contributed by atoms with Gasteiger partial charge in [-0.25, -0.2) is 18.4 Å². The van der Waals surface area contributed by atoms with E-state index in [0.29, 0.717) is 26.2 Å². The van der Waals surface area contributed by atoms with Crippen molar-refractivity contribution >= 4 is 22.0 Å². The topological polar surface area (TPSA) is 105 Å². The zero-order valence-electron chi connectivity index (χ0n) is 14.7. The van der Waals surface area contributed by atoms with Crippen molar-refractivity contribution in [3.8, 4) is 0 Å². The molecule has 0 saturated carbocycles. The van der Waals surface area contributed by atoms with E-state index in [4.69, 9.17) is 9.88 Å². The third-order valence-corrected chi connectivity index (χ3v) is 4.17. The number of nitrogens with zero attached hydrogens (tertiary/aromatic N) is 3. The van der Waals surface area contributed by atoms with Crippen molar-refractivity contribution in [2.24, 2.45) is 10.1 Å². The normalized spacial score (nSPS) is 17.7. The Kier molecular flexibility index (Phi) is 6.56. The van der Waals surface area contributed by atoms with Crippen molar-refractivity contribution in [2.75, 3.05) is 33.2 Å². The lowest BCUT2D eigenvalue weighted by molar-refractivity contribution is 0.0187. The summed E-state index contributed by atoms with van der Waals surface area (Å²) in [7, 11) is -2.43. The summed E-state index contributed by atoms with van der Waals surface area (Å²) >= 11 is 0. The molecule has 1 aliphatic rings. The number of hydrogen-bond donors (Lipinski definition) is 1. The van der Waals surface area contributed by atoms with Crippen LogP contribution < -0.4 is 5.14 Å². The average molecular weight is 358 g/mol. The van der Waals surface area contributed by atoms with Gasteiger partial charge < -0.3 is 14.5 Å². The number of hydrogen-bond acceptors (Lipinski definition) is 5. The lowest BCUT2D eigenvalue weighted by Crippen LogP contribution is -2.52. The number of allylic oxidation sites excluding steroid dienone is 2. The Morgan fingerprint density at radius 3 is 2.08 bits per heavy atom. The van der Waals surface area contributed by atoms with E-state index in [1.165, 1.54) is 19.2 Å². The van der Waals surface area contributed by atoms with Gasteiger partial charge in [0.2, 0.25) is 10.0 Å². The first-order chi connectivity index (χ1) is 11.0. The zero-order chi connectivity index (χ0) is 18.5. The van der Waals surface area contributed by atoms with Crippen LogP contribution in [0.5, 0.6) is 0 Å². The number of aliphatic imine (C=N–C) groups is 1. The fraction of sp³-hybridized carbons (Fsp3) is 0.600. The van der Waals surface area contributed by atoms with Crippen LogP contribution in [0.1, 0.15) is 20.8 Å². The summed E-state index contributed by atoms with van der Waals surface area (Å²) in [6.45, 7) is 10.6. The quantitative estimate of drug-likeness (QED) is 0.459. The standard InChI is InChI=1S/C15H26N4O4S/c1-6-7-12(24(16,21)22)13(17-5)18-8-10-19(11-9-18)14(20)23-15(2,3)4/h6-7H,1,8-11H2,2-5H3,(H2,16,21,22)/b12-7+,17-13+. The highest BCUT2D eigenvalue weighted by molar-refractivity contribution is 7.94. The molecule has 0 aliphatic carbocycles. The molecule has 0 aromatic heterocycles. The molecule has 0 aromatic rings. The van der Waals surface area contributed by atoms with Gasteiger partial charge in [0.05, 0.1) is 0 Å². The fourth-order valence-electron chi connectivity index (χ4n) is 2.24. The summed E-state index contributed by atoms with van der Waals surface area (Å²) < 4.78 is 28.9. The molecule has 0 spiro atoms. The summed E-state index contributed by atoms with van der Waals surface area (Å²) in [5.74, 6) is 0.265. The molecule has 9 heteroatoms. The third-order valence-electron chi connectivity index (χ3n) is 3.24. The largest absolute Gasteiger partial charge is 0.444 e. The Morgan fingerprint density at radius 2 is 1.71 bits per heavy atom. The second-order valence-electron chi connectivity index (χ2n) is 6.31. The first-order valence-electron chi connectivity index (χ1n) is 7.55. The van der Waals surface area contributed by atoms with E-state index in [1.54, 1.807) is 9.80 Å². The van der Waals surface area contributed by atoms with Gasteiger partial charge in [0.1, 0.15) is 16.3 Å². The van der Waals surface area contributed by atoms with E-state index in [1.807, 2.05) is 20.8 Å². The van der Waals surface area contributed by atoms with Crippen LogP contribution >= 0.6 is 0 Å². The van der Waals surface area contributed by atoms with Gasteiger partial charge in [0.25, 0.3) is 0 Å². The molecule has 0 radical (unpaired) electrons. The molecule has 24 heavy (non-hydrogen) atoms. The maximum atomic E-state index is 12.1. The SMILES string of the molecule is C=C/C=C(\C(=N/C)N1CCN(C(=O)OC(C)(C)C)CC1)S(N)(=O)=O. The van der Waals surface area contributed by atoms with Crippen molar-refractivity contribution in [3.05, 3.63) is 23.6 Å². The van der Waals surface area contributed by atoms with Gasteiger partial charge in [-0.3, -0.25) is 4.99 Å². The fourth-order valence-corrected chi connectivity index (χ4v) is 3.00. The highest BCUT2D eigenvalue weighted by Gasteiger charge is 2.29. The molecule has 1 fully saturated rings. The van der Waals surface area contributed by atoms with E-state index < -0.39 is 15.6 Å². The van der Waals surface area contributed by atoms with Gasteiger partial charge in [-0.2, -0.15) is 0 Å². The monoisotopic (exact) mass is 358 g/mol. The molecule has 8 nitrogen and oxygen atoms in total. The van der Waals surface area contributed by atoms with E-state index in [2.05, 4.69) is 11.6 Å². The van der Waals surface area contributed by atoms with Gasteiger partial charge >= 0.3 is 6.09 Å². The first kappa shape index (κ1) is 20.2. The van der Waals surface area contributed by atoms with Gasteiger partial charge in [-0.1, -0.05) is 12.7 Å². The van der Waals surface area contributed by atoms with Crippen molar-refractivity contribution in [2.45, 2.75) is 26.4 Å². The molecule has 0 atom stereocenters. The predicted molar refractivity (Wildman–Crippen MR) is 94.1 cm³/mol. The van der Waals surface area contributed by atoms with Gasteiger partial charge in [-0.05, 0) is 26.8 Å². The highest BCUT2D eigenvalue weighted by atomic mass is 32.2. The maximum Gasteiger partial charge on any atom is 0.410 e. The summed E-state index contributed by atoms with van der Waals surface area (Å²) in [5.41, 5.74) is -0.558. The lowest BCUT2D eigenvalue weighted by atomic mass is 10.2. The van der Waals surface area contributed by atoms with Gasteiger partial charge in [0, 0.05) is 33.2 Å². The lowest BCUT2D eigenvalue weighted by Gasteiger charge is -2.37. The number of carbonyl (C=O) groups excluding carboxylic acids is 1. The van der Waals surface area contributed by atoms with Crippen molar-refractivity contribution in [1.29, 1.82) is 0 Å². The summed E-state index contributed by atoms with van der Waals surface area (Å²) in [6.07, 6.45) is 2.28. The van der Waals surface area contributed by atoms with E-state index >= 15 is 0 Å². The van der Waals surface area contributed by atoms with E-state index in [0.717, 1.165) is 0 Å². The molecule has 1 amide bonds. The summed E-state index contributed by atoms with van der Waals surface area (Å²) in [4.78, 5) is 19.4. The second kappa shape index (κ2) is 7.80. The number of amidine groups is 1. The van der Waals surface area contributed by atoms with Gasteiger partial charge in [-0.15, -0.1) is 0 Å². The number of rotatable bonds is 3. The zero-order valence-corrected chi connectivity index (χ0v) is 15.5. The molecule has 1 heterocycles. The number of piperazine rings is 1. The molecular formula is C15H26N4O4S.